The molecule has 0 saturated heterocycles. The van der Waals surface area contributed by atoms with Gasteiger partial charge >= 0.3 is 0 Å². The SMILES string of the molecule is Cc1ccc(S(=O)(=O)OCCOCCOCCOCCOCCOCCOCCOCCOCCOCCOCCOC(c2ccccc2)(c2ccccc2)c2ccccc2)cc1. The molecule has 0 amide bonds. The van der Waals surface area contributed by atoms with Crippen molar-refractivity contribution in [3.05, 3.63) is 138 Å². The van der Waals surface area contributed by atoms with Gasteiger partial charge in [-0.3, -0.25) is 4.18 Å². The molecule has 0 fully saturated rings. The van der Waals surface area contributed by atoms with Crippen molar-refractivity contribution in [3.63, 3.8) is 0 Å². The quantitative estimate of drug-likeness (QED) is 0.0299. The molecule has 63 heavy (non-hydrogen) atoms. The fourth-order valence-corrected chi connectivity index (χ4v) is 6.97. The topological polar surface area (TPSA) is 145 Å². The van der Waals surface area contributed by atoms with Crippen LogP contribution >= 0.6 is 0 Å². The molecular weight excluding hydrogens is 833 g/mol. The Morgan fingerprint density at radius 2 is 0.587 bits per heavy atom. The maximum atomic E-state index is 12.1. The average molecular weight is 899 g/mol. The summed E-state index contributed by atoms with van der Waals surface area (Å²) in [7, 11) is -3.78. The van der Waals surface area contributed by atoms with Gasteiger partial charge in [0.1, 0.15) is 5.60 Å². The highest BCUT2D eigenvalue weighted by atomic mass is 32.2. The summed E-state index contributed by atoms with van der Waals surface area (Å²) in [6.07, 6.45) is 0. The molecule has 0 unspecified atom stereocenters. The maximum absolute atomic E-state index is 12.1. The second-order valence-electron chi connectivity index (χ2n) is 13.8. The van der Waals surface area contributed by atoms with Crippen LogP contribution < -0.4 is 0 Å². The Morgan fingerprint density at radius 3 is 0.873 bits per heavy atom. The van der Waals surface area contributed by atoms with E-state index in [2.05, 4.69) is 36.4 Å². The van der Waals surface area contributed by atoms with E-state index in [1.54, 1.807) is 12.1 Å². The first-order valence-electron chi connectivity index (χ1n) is 21.6. The third-order valence-corrected chi connectivity index (χ3v) is 10.5. The van der Waals surface area contributed by atoms with Crippen molar-refractivity contribution in [1.29, 1.82) is 0 Å². The van der Waals surface area contributed by atoms with E-state index in [1.165, 1.54) is 12.1 Å². The van der Waals surface area contributed by atoms with Crippen LogP contribution in [0.3, 0.4) is 0 Å². The number of ether oxygens (including phenoxy) is 11. The van der Waals surface area contributed by atoms with Gasteiger partial charge in [-0.05, 0) is 35.7 Å². The number of hydrogen-bond donors (Lipinski definition) is 0. The molecule has 14 nitrogen and oxygen atoms in total. The molecule has 348 valence electrons. The second-order valence-corrected chi connectivity index (χ2v) is 15.5. The van der Waals surface area contributed by atoms with E-state index >= 15 is 0 Å². The summed E-state index contributed by atoms with van der Waals surface area (Å²) in [6.45, 7) is 10.9. The number of aryl methyl sites for hydroxylation is 1. The third-order valence-electron chi connectivity index (χ3n) is 9.21. The Bertz CT molecular complexity index is 1690. The molecule has 0 aliphatic heterocycles. The van der Waals surface area contributed by atoms with E-state index in [0.717, 1.165) is 22.3 Å². The van der Waals surface area contributed by atoms with Crippen LogP contribution in [0.25, 0.3) is 0 Å². The van der Waals surface area contributed by atoms with Crippen molar-refractivity contribution >= 4 is 10.1 Å². The van der Waals surface area contributed by atoms with E-state index in [9.17, 15) is 8.42 Å². The van der Waals surface area contributed by atoms with Gasteiger partial charge in [-0.2, -0.15) is 8.42 Å². The van der Waals surface area contributed by atoms with Crippen molar-refractivity contribution in [2.24, 2.45) is 0 Å². The summed E-state index contributed by atoms with van der Waals surface area (Å²) >= 11 is 0. The normalized spacial score (nSPS) is 12.0. The summed E-state index contributed by atoms with van der Waals surface area (Å²) in [6, 6.07) is 37.4. The van der Waals surface area contributed by atoms with Crippen LogP contribution in [0.4, 0.5) is 0 Å². The zero-order valence-electron chi connectivity index (χ0n) is 36.6. The molecule has 0 atom stereocenters. The van der Waals surface area contributed by atoms with Crippen LogP contribution in [0.15, 0.2) is 120 Å². The van der Waals surface area contributed by atoms with Crippen LogP contribution in [0.2, 0.25) is 0 Å². The minimum atomic E-state index is -3.78. The lowest BCUT2D eigenvalue weighted by atomic mass is 9.80. The van der Waals surface area contributed by atoms with Gasteiger partial charge < -0.3 is 52.1 Å². The molecule has 4 rings (SSSR count). The molecule has 0 aliphatic carbocycles. The van der Waals surface area contributed by atoms with Gasteiger partial charge in [0, 0.05) is 0 Å². The van der Waals surface area contributed by atoms with Gasteiger partial charge in [0.15, 0.2) is 0 Å². The zero-order valence-corrected chi connectivity index (χ0v) is 37.5. The van der Waals surface area contributed by atoms with Crippen LogP contribution in [-0.4, -0.2) is 154 Å². The highest BCUT2D eigenvalue weighted by Gasteiger charge is 2.37. The lowest BCUT2D eigenvalue weighted by molar-refractivity contribution is -0.0399. The molecule has 0 aliphatic rings. The van der Waals surface area contributed by atoms with Gasteiger partial charge in [-0.25, -0.2) is 0 Å². The highest BCUT2D eigenvalue weighted by Crippen LogP contribution is 2.40. The average Bonchev–Trinajstić information content (AvgIpc) is 3.31. The van der Waals surface area contributed by atoms with Crippen molar-refractivity contribution in [2.45, 2.75) is 17.4 Å². The summed E-state index contributed by atoms with van der Waals surface area (Å²) in [4.78, 5) is 0.126. The Labute approximate surface area is 374 Å². The molecular formula is C48H66O14S. The van der Waals surface area contributed by atoms with Crippen LogP contribution in [0.5, 0.6) is 0 Å². The zero-order chi connectivity index (χ0) is 44.4. The summed E-state index contributed by atoms with van der Waals surface area (Å²) < 4.78 is 91.5. The first kappa shape index (κ1) is 52.0. The minimum Gasteiger partial charge on any atom is -0.377 e. The van der Waals surface area contributed by atoms with Crippen molar-refractivity contribution in [1.82, 2.24) is 0 Å². The van der Waals surface area contributed by atoms with Crippen LogP contribution in [0.1, 0.15) is 22.3 Å². The Kier molecular flexibility index (Phi) is 27.2. The number of benzene rings is 4. The first-order valence-corrected chi connectivity index (χ1v) is 23.0. The molecule has 0 N–H and O–H groups in total. The second kappa shape index (κ2) is 32.9. The number of hydrogen-bond acceptors (Lipinski definition) is 14. The molecule has 0 aromatic heterocycles. The molecule has 0 heterocycles. The molecule has 4 aromatic rings. The van der Waals surface area contributed by atoms with Crippen molar-refractivity contribution < 1.29 is 64.7 Å². The minimum absolute atomic E-state index is 0.0641. The predicted octanol–water partition coefficient (Wildman–Crippen LogP) is 5.88. The van der Waals surface area contributed by atoms with Gasteiger partial charge in [-0.1, -0.05) is 109 Å². The van der Waals surface area contributed by atoms with E-state index in [0.29, 0.717) is 132 Å². The van der Waals surface area contributed by atoms with Gasteiger partial charge in [-0.15, -0.1) is 0 Å². The van der Waals surface area contributed by atoms with Gasteiger partial charge in [0.05, 0.1) is 150 Å². The molecule has 0 radical (unpaired) electrons. The Balaban J connectivity index is 0.842. The predicted molar refractivity (Wildman–Crippen MR) is 238 cm³/mol. The fourth-order valence-electron chi connectivity index (χ4n) is 6.08. The maximum Gasteiger partial charge on any atom is 0.297 e. The smallest absolute Gasteiger partial charge is 0.297 e. The lowest BCUT2D eigenvalue weighted by Gasteiger charge is -2.36. The molecule has 15 heteroatoms. The van der Waals surface area contributed by atoms with Gasteiger partial charge in [0.25, 0.3) is 10.1 Å². The van der Waals surface area contributed by atoms with Crippen molar-refractivity contribution in [3.8, 4) is 0 Å². The largest absolute Gasteiger partial charge is 0.377 e. The Morgan fingerprint density at radius 1 is 0.333 bits per heavy atom. The molecule has 0 bridgehead atoms. The van der Waals surface area contributed by atoms with Crippen LogP contribution in [-0.2, 0) is 72.0 Å². The monoisotopic (exact) mass is 898 g/mol. The highest BCUT2D eigenvalue weighted by molar-refractivity contribution is 7.86. The summed E-state index contributed by atoms with van der Waals surface area (Å²) in [5, 5.41) is 0. The molecule has 0 spiro atoms. The first-order chi connectivity index (χ1) is 31.0. The molecule has 0 saturated carbocycles. The standard InChI is InChI=1S/C48H66O14S/c1-43-17-19-47(20-18-43)63(49,50)62-42-40-60-38-36-58-34-32-56-30-28-54-26-24-52-22-21-51-23-25-53-27-29-55-31-33-57-35-37-59-39-41-61-48(44-11-5-2-6-12-44,45-13-7-3-8-14-45)46-15-9-4-10-16-46/h2-20H,21-42H2,1H3. The Hall–Kier alpha value is -3.65. The fraction of sp³-hybridized carbons (Fsp3) is 0.500. The van der Waals surface area contributed by atoms with E-state index in [4.69, 9.17) is 56.3 Å². The van der Waals surface area contributed by atoms with E-state index < -0.39 is 15.7 Å². The summed E-state index contributed by atoms with van der Waals surface area (Å²) in [5.41, 5.74) is 3.39. The van der Waals surface area contributed by atoms with E-state index in [1.807, 2.05) is 61.5 Å². The third kappa shape index (κ3) is 21.3. The summed E-state index contributed by atoms with van der Waals surface area (Å²) in [5.74, 6) is 0. The molecule has 4 aromatic carbocycles. The van der Waals surface area contributed by atoms with Crippen molar-refractivity contribution in [2.75, 3.05) is 145 Å². The number of rotatable bonds is 39. The lowest BCUT2D eigenvalue weighted by Crippen LogP contribution is -2.34. The van der Waals surface area contributed by atoms with Gasteiger partial charge in [0.2, 0.25) is 0 Å². The van der Waals surface area contributed by atoms with E-state index in [-0.39, 0.29) is 18.1 Å². The van der Waals surface area contributed by atoms with Crippen LogP contribution in [0, 0.1) is 6.92 Å².